The smallest absolute Gasteiger partial charge is 0.220 e. The first-order valence-corrected chi connectivity index (χ1v) is 5.60. The van der Waals surface area contributed by atoms with Gasteiger partial charge in [-0.05, 0) is 37.0 Å². The first kappa shape index (κ1) is 7.84. The van der Waals surface area contributed by atoms with Crippen LogP contribution in [0.5, 0.6) is 0 Å². The van der Waals surface area contributed by atoms with E-state index in [1.165, 1.54) is 38.5 Å². The van der Waals surface area contributed by atoms with Crippen LogP contribution >= 0.6 is 0 Å². The van der Waals surface area contributed by atoms with Gasteiger partial charge in [0.05, 0.1) is 0 Å². The lowest BCUT2D eigenvalue weighted by Crippen LogP contribution is -2.28. The zero-order valence-corrected chi connectivity index (χ0v) is 8.01. The highest BCUT2D eigenvalue weighted by molar-refractivity contribution is 5.79. The molecular formula is C11H17NO. The van der Waals surface area contributed by atoms with Crippen LogP contribution in [-0.4, -0.2) is 11.9 Å². The number of hydrogen-bond acceptors (Lipinski definition) is 1. The standard InChI is InChI=1S/C11H17NO/c13-10-7-8-9(12-10)3-6-11(8)4-1-2-5-11/h8-9H,1-7H2,(H,12,13). The van der Waals surface area contributed by atoms with Crippen LogP contribution in [0.4, 0.5) is 0 Å². The highest BCUT2D eigenvalue weighted by atomic mass is 16.2. The normalized spacial score (nSPS) is 41.1. The monoisotopic (exact) mass is 179 g/mol. The Morgan fingerprint density at radius 2 is 2.00 bits per heavy atom. The van der Waals surface area contributed by atoms with Gasteiger partial charge in [-0.15, -0.1) is 0 Å². The van der Waals surface area contributed by atoms with Crippen molar-refractivity contribution in [1.29, 1.82) is 0 Å². The minimum atomic E-state index is 0.306. The van der Waals surface area contributed by atoms with Crippen LogP contribution in [0.25, 0.3) is 0 Å². The molecule has 1 aliphatic heterocycles. The summed E-state index contributed by atoms with van der Waals surface area (Å²) in [5, 5.41) is 3.13. The second-order valence-corrected chi connectivity index (χ2v) is 5.09. The highest BCUT2D eigenvalue weighted by Crippen LogP contribution is 2.56. The van der Waals surface area contributed by atoms with Crippen molar-refractivity contribution >= 4 is 5.91 Å². The minimum Gasteiger partial charge on any atom is -0.353 e. The van der Waals surface area contributed by atoms with Crippen molar-refractivity contribution < 1.29 is 4.79 Å². The number of hydrogen-bond donors (Lipinski definition) is 1. The molecule has 0 aromatic carbocycles. The summed E-state index contributed by atoms with van der Waals surface area (Å²) in [5.41, 5.74) is 0.587. The van der Waals surface area contributed by atoms with Crippen molar-refractivity contribution in [2.75, 3.05) is 0 Å². The average molecular weight is 179 g/mol. The molecule has 3 fully saturated rings. The molecule has 3 aliphatic rings. The van der Waals surface area contributed by atoms with Gasteiger partial charge in [-0.3, -0.25) is 4.79 Å². The predicted octanol–water partition coefficient (Wildman–Crippen LogP) is 1.85. The zero-order valence-electron chi connectivity index (χ0n) is 8.01. The molecule has 0 aromatic heterocycles. The predicted molar refractivity (Wildman–Crippen MR) is 50.2 cm³/mol. The highest BCUT2D eigenvalue weighted by Gasteiger charge is 2.53. The van der Waals surface area contributed by atoms with Crippen molar-refractivity contribution in [2.24, 2.45) is 11.3 Å². The van der Waals surface area contributed by atoms with Crippen LogP contribution in [0, 0.1) is 11.3 Å². The van der Waals surface area contributed by atoms with Gasteiger partial charge in [0.15, 0.2) is 0 Å². The van der Waals surface area contributed by atoms with E-state index < -0.39 is 0 Å². The van der Waals surface area contributed by atoms with Crippen LogP contribution < -0.4 is 5.32 Å². The molecule has 2 unspecified atom stereocenters. The summed E-state index contributed by atoms with van der Waals surface area (Å²) in [7, 11) is 0. The Labute approximate surface area is 79.1 Å². The fourth-order valence-electron chi connectivity index (χ4n) is 3.95. The van der Waals surface area contributed by atoms with E-state index in [4.69, 9.17) is 0 Å². The first-order valence-electron chi connectivity index (χ1n) is 5.60. The van der Waals surface area contributed by atoms with E-state index in [0.717, 1.165) is 6.42 Å². The van der Waals surface area contributed by atoms with Crippen LogP contribution in [-0.2, 0) is 4.79 Å². The SMILES string of the molecule is O=C1CC2C(CCC23CCCC3)N1. The molecule has 2 saturated carbocycles. The molecule has 0 radical (unpaired) electrons. The van der Waals surface area contributed by atoms with Gasteiger partial charge in [-0.2, -0.15) is 0 Å². The second kappa shape index (κ2) is 2.49. The maximum absolute atomic E-state index is 11.3. The van der Waals surface area contributed by atoms with Gasteiger partial charge >= 0.3 is 0 Å². The Bertz CT molecular complexity index is 242. The molecular weight excluding hydrogens is 162 g/mol. The molecule has 1 amide bonds. The number of rotatable bonds is 0. The third kappa shape index (κ3) is 0.976. The van der Waals surface area contributed by atoms with Crippen molar-refractivity contribution in [1.82, 2.24) is 5.32 Å². The number of carbonyl (C=O) groups is 1. The molecule has 0 bridgehead atoms. The van der Waals surface area contributed by atoms with Crippen molar-refractivity contribution in [3.05, 3.63) is 0 Å². The molecule has 2 nitrogen and oxygen atoms in total. The lowest BCUT2D eigenvalue weighted by atomic mass is 9.75. The molecule has 1 N–H and O–H groups in total. The van der Waals surface area contributed by atoms with Crippen molar-refractivity contribution in [3.63, 3.8) is 0 Å². The van der Waals surface area contributed by atoms with Gasteiger partial charge < -0.3 is 5.32 Å². The Morgan fingerprint density at radius 1 is 1.23 bits per heavy atom. The zero-order chi connectivity index (χ0) is 8.89. The molecule has 0 aromatic rings. The molecule has 13 heavy (non-hydrogen) atoms. The van der Waals surface area contributed by atoms with Crippen LogP contribution in [0.1, 0.15) is 44.9 Å². The van der Waals surface area contributed by atoms with E-state index in [9.17, 15) is 4.79 Å². The largest absolute Gasteiger partial charge is 0.353 e. The number of carbonyl (C=O) groups excluding carboxylic acids is 1. The topological polar surface area (TPSA) is 29.1 Å². The van der Waals surface area contributed by atoms with Crippen LogP contribution in [0.3, 0.4) is 0 Å². The molecule has 2 atom stereocenters. The molecule has 2 aliphatic carbocycles. The van der Waals surface area contributed by atoms with Gasteiger partial charge in [0.2, 0.25) is 5.91 Å². The Morgan fingerprint density at radius 3 is 2.77 bits per heavy atom. The third-order valence-electron chi connectivity index (χ3n) is 4.58. The summed E-state index contributed by atoms with van der Waals surface area (Å²) in [6.07, 6.45) is 9.03. The van der Waals surface area contributed by atoms with E-state index in [2.05, 4.69) is 5.32 Å². The Kier molecular flexibility index (Phi) is 1.50. The lowest BCUT2D eigenvalue weighted by Gasteiger charge is -2.29. The van der Waals surface area contributed by atoms with Gasteiger partial charge in [0.25, 0.3) is 0 Å². The van der Waals surface area contributed by atoms with E-state index in [1.54, 1.807) is 0 Å². The van der Waals surface area contributed by atoms with Gasteiger partial charge in [0.1, 0.15) is 0 Å². The van der Waals surface area contributed by atoms with Gasteiger partial charge in [0, 0.05) is 12.5 Å². The molecule has 2 heteroatoms. The molecule has 1 heterocycles. The second-order valence-electron chi connectivity index (χ2n) is 5.09. The van der Waals surface area contributed by atoms with Crippen LogP contribution in [0.15, 0.2) is 0 Å². The summed E-state index contributed by atoms with van der Waals surface area (Å²) in [4.78, 5) is 11.3. The third-order valence-corrected chi connectivity index (χ3v) is 4.58. The quantitative estimate of drug-likeness (QED) is 0.604. The van der Waals surface area contributed by atoms with Crippen LogP contribution in [0.2, 0.25) is 0 Å². The van der Waals surface area contributed by atoms with E-state index >= 15 is 0 Å². The molecule has 72 valence electrons. The number of amides is 1. The average Bonchev–Trinajstić information content (AvgIpc) is 2.73. The molecule has 1 spiro atoms. The molecule has 3 rings (SSSR count). The summed E-state index contributed by atoms with van der Waals surface area (Å²) in [6, 6.07) is 0.547. The fourth-order valence-corrected chi connectivity index (χ4v) is 3.95. The van der Waals surface area contributed by atoms with Gasteiger partial charge in [-0.25, -0.2) is 0 Å². The summed E-state index contributed by atoms with van der Waals surface area (Å²) in [6.45, 7) is 0. The minimum absolute atomic E-state index is 0.306. The van der Waals surface area contributed by atoms with E-state index in [0.29, 0.717) is 23.3 Å². The maximum Gasteiger partial charge on any atom is 0.220 e. The lowest BCUT2D eigenvalue weighted by molar-refractivity contribution is -0.119. The van der Waals surface area contributed by atoms with Crippen molar-refractivity contribution in [2.45, 2.75) is 51.0 Å². The van der Waals surface area contributed by atoms with Gasteiger partial charge in [-0.1, -0.05) is 12.8 Å². The fraction of sp³-hybridized carbons (Fsp3) is 0.909. The van der Waals surface area contributed by atoms with E-state index in [-0.39, 0.29) is 0 Å². The van der Waals surface area contributed by atoms with Crippen molar-refractivity contribution in [3.8, 4) is 0 Å². The number of fused-ring (bicyclic) bond motifs is 2. The summed E-state index contributed by atoms with van der Waals surface area (Å²) >= 11 is 0. The summed E-state index contributed by atoms with van der Waals surface area (Å²) < 4.78 is 0. The maximum atomic E-state index is 11.3. The molecule has 1 saturated heterocycles. The first-order chi connectivity index (χ1) is 6.30. The Balaban J connectivity index is 1.87. The Hall–Kier alpha value is -0.530. The summed E-state index contributed by atoms with van der Waals surface area (Å²) in [5.74, 6) is 1.00. The number of nitrogens with one attached hydrogen (secondary N) is 1. The van der Waals surface area contributed by atoms with E-state index in [1.807, 2.05) is 0 Å².